The maximum atomic E-state index is 14.6. The topological polar surface area (TPSA) is 50.7 Å². The molecule has 1 aliphatic rings. The van der Waals surface area contributed by atoms with Gasteiger partial charge in [-0.1, -0.05) is 30.6 Å². The summed E-state index contributed by atoms with van der Waals surface area (Å²) in [6.45, 7) is 7.55. The second-order valence-corrected chi connectivity index (χ2v) is 11.3. The summed E-state index contributed by atoms with van der Waals surface area (Å²) >= 11 is 6.47. The molecule has 1 aromatic heterocycles. The van der Waals surface area contributed by atoms with Gasteiger partial charge in [-0.25, -0.2) is 4.39 Å². The molecule has 0 radical (unpaired) electrons. The van der Waals surface area contributed by atoms with Crippen LogP contribution in [0.3, 0.4) is 0 Å². The van der Waals surface area contributed by atoms with Crippen LogP contribution in [0.2, 0.25) is 5.02 Å². The Kier molecular flexibility index (Phi) is 8.48. The highest BCUT2D eigenvalue weighted by molar-refractivity contribution is 7.16. The van der Waals surface area contributed by atoms with E-state index < -0.39 is 39.9 Å². The highest BCUT2D eigenvalue weighted by atomic mass is 35.5. The summed E-state index contributed by atoms with van der Waals surface area (Å²) in [5.41, 5.74) is -6.17. The second kappa shape index (κ2) is 10.7. The summed E-state index contributed by atoms with van der Waals surface area (Å²) in [7, 11) is 0. The molecule has 1 amide bonds. The average Bonchev–Trinajstić information content (AvgIpc) is 3.15. The molecule has 0 aliphatic heterocycles. The zero-order chi connectivity index (χ0) is 28.8. The number of oxime groups is 1. The van der Waals surface area contributed by atoms with Crippen LogP contribution in [0.4, 0.5) is 30.7 Å². The number of hydrogen-bond acceptors (Lipinski definition) is 4. The fourth-order valence-corrected chi connectivity index (χ4v) is 5.25. The van der Waals surface area contributed by atoms with Gasteiger partial charge in [-0.05, 0) is 69.2 Å². The molecule has 4 nitrogen and oxygen atoms in total. The summed E-state index contributed by atoms with van der Waals surface area (Å²) < 4.78 is 96.4. The molecule has 2 aromatic rings. The van der Waals surface area contributed by atoms with Crippen LogP contribution in [-0.4, -0.2) is 23.8 Å². The first-order valence-electron chi connectivity index (χ1n) is 11.6. The van der Waals surface area contributed by atoms with Gasteiger partial charge in [0.05, 0.1) is 26.1 Å². The van der Waals surface area contributed by atoms with Crippen molar-refractivity contribution in [2.45, 2.75) is 71.5 Å². The lowest BCUT2D eigenvalue weighted by atomic mass is 9.73. The van der Waals surface area contributed by atoms with Crippen molar-refractivity contribution in [2.24, 2.45) is 17.0 Å². The van der Waals surface area contributed by atoms with Crippen molar-refractivity contribution in [1.29, 1.82) is 0 Å². The molecular formula is C25H26ClF7N2O2S. The Labute approximate surface area is 224 Å². The summed E-state index contributed by atoms with van der Waals surface area (Å²) in [5.74, 6) is -0.985. The van der Waals surface area contributed by atoms with Crippen molar-refractivity contribution in [2.75, 3.05) is 0 Å². The van der Waals surface area contributed by atoms with Crippen LogP contribution in [0.1, 0.15) is 71.8 Å². The molecular weight excluding hydrogens is 561 g/mol. The van der Waals surface area contributed by atoms with Crippen LogP contribution in [-0.2, 0) is 16.6 Å². The molecule has 1 saturated carbocycles. The van der Waals surface area contributed by atoms with E-state index in [-0.39, 0.29) is 29.8 Å². The van der Waals surface area contributed by atoms with Gasteiger partial charge < -0.3 is 10.2 Å². The Hall–Kier alpha value is -2.34. The minimum Gasteiger partial charge on any atom is -0.374 e. The van der Waals surface area contributed by atoms with Crippen LogP contribution < -0.4 is 5.32 Å². The van der Waals surface area contributed by atoms with Gasteiger partial charge in [0.2, 0.25) is 0 Å². The molecule has 1 heterocycles. The standard InChI is InChI=1S/C25H26ClF7N2O2S/c1-11(2)14-7-16(8-14)34-22(36)21-12(3)6-19(38-21)13(4)35-37-23(5,25(31,32)33)17-9-15(24(28,29)30)10-18(26)20(17)27/h6,9-11,14,16H,7-8H2,1-5H3,(H,34,36)/b35-13+. The molecule has 0 bridgehead atoms. The molecule has 1 aromatic carbocycles. The van der Waals surface area contributed by atoms with Crippen LogP contribution in [0.5, 0.6) is 0 Å². The first-order chi connectivity index (χ1) is 17.3. The van der Waals surface area contributed by atoms with Gasteiger partial charge in [-0.2, -0.15) is 26.3 Å². The Morgan fingerprint density at radius 3 is 2.29 bits per heavy atom. The van der Waals surface area contributed by atoms with Gasteiger partial charge in [-0.3, -0.25) is 4.79 Å². The number of nitrogens with one attached hydrogen (secondary N) is 1. The van der Waals surface area contributed by atoms with Gasteiger partial charge >= 0.3 is 12.4 Å². The van der Waals surface area contributed by atoms with Crippen molar-refractivity contribution < 1.29 is 40.4 Å². The van der Waals surface area contributed by atoms with E-state index in [4.69, 9.17) is 16.4 Å². The lowest BCUT2D eigenvalue weighted by Gasteiger charge is -2.38. The van der Waals surface area contributed by atoms with Crippen molar-refractivity contribution in [3.05, 3.63) is 55.5 Å². The molecule has 1 atom stereocenters. The molecule has 13 heteroatoms. The summed E-state index contributed by atoms with van der Waals surface area (Å²) in [6, 6.07) is 1.77. The van der Waals surface area contributed by atoms with Crippen LogP contribution >= 0.6 is 22.9 Å². The van der Waals surface area contributed by atoms with Crippen LogP contribution in [0, 0.1) is 24.6 Å². The minimum atomic E-state index is -5.38. The predicted octanol–water partition coefficient (Wildman–Crippen LogP) is 8.25. The molecule has 1 aliphatic carbocycles. The number of alkyl halides is 6. The SMILES string of the molecule is C/C(=N\OC(C)(c1cc(C(F)(F)F)cc(Cl)c1F)C(F)(F)F)c1cc(C)c(C(=O)NC2CC(C(C)C)C2)s1. The van der Waals surface area contributed by atoms with Crippen molar-refractivity contribution in [3.63, 3.8) is 0 Å². The third kappa shape index (κ3) is 6.11. The zero-order valence-electron chi connectivity index (χ0n) is 21.1. The Morgan fingerprint density at radius 1 is 1.16 bits per heavy atom. The number of carbonyl (C=O) groups excluding carboxylic acids is 1. The Bertz CT molecular complexity index is 1230. The van der Waals surface area contributed by atoms with E-state index in [0.29, 0.717) is 34.1 Å². The number of amides is 1. The number of carbonyl (C=O) groups is 1. The number of halogens is 8. The molecule has 210 valence electrons. The van der Waals surface area contributed by atoms with Gasteiger partial charge in [0.1, 0.15) is 5.82 Å². The largest absolute Gasteiger partial charge is 0.435 e. The number of aryl methyl sites for hydroxylation is 1. The highest BCUT2D eigenvalue weighted by Crippen LogP contribution is 2.46. The number of rotatable bonds is 7. The van der Waals surface area contributed by atoms with E-state index >= 15 is 0 Å². The van der Waals surface area contributed by atoms with E-state index in [2.05, 4.69) is 24.3 Å². The Morgan fingerprint density at radius 2 is 1.76 bits per heavy atom. The molecule has 1 fully saturated rings. The predicted molar refractivity (Wildman–Crippen MR) is 131 cm³/mol. The molecule has 3 rings (SSSR count). The van der Waals surface area contributed by atoms with E-state index in [0.717, 1.165) is 24.2 Å². The smallest absolute Gasteiger partial charge is 0.374 e. The zero-order valence-corrected chi connectivity index (χ0v) is 22.6. The first-order valence-corrected chi connectivity index (χ1v) is 12.8. The van der Waals surface area contributed by atoms with Gasteiger partial charge in [-0.15, -0.1) is 11.3 Å². The summed E-state index contributed by atoms with van der Waals surface area (Å²) in [4.78, 5) is 18.1. The second-order valence-electron chi connectivity index (χ2n) is 9.89. The molecule has 1 unspecified atom stereocenters. The Balaban J connectivity index is 1.88. The summed E-state index contributed by atoms with van der Waals surface area (Å²) in [5, 5.41) is 5.28. The van der Waals surface area contributed by atoms with Crippen molar-refractivity contribution in [3.8, 4) is 0 Å². The van der Waals surface area contributed by atoms with E-state index in [1.54, 1.807) is 6.92 Å². The molecule has 0 spiro atoms. The maximum absolute atomic E-state index is 14.6. The highest BCUT2D eigenvalue weighted by Gasteiger charge is 2.58. The number of thiophene rings is 1. The normalized spacial score (nSPS) is 20.2. The van der Waals surface area contributed by atoms with Crippen LogP contribution in [0.15, 0.2) is 23.4 Å². The third-order valence-corrected chi connectivity index (χ3v) is 8.33. The summed E-state index contributed by atoms with van der Waals surface area (Å²) in [6.07, 6.45) is -8.74. The monoisotopic (exact) mass is 586 g/mol. The van der Waals surface area contributed by atoms with E-state index in [9.17, 15) is 35.5 Å². The minimum absolute atomic E-state index is 0.00157. The fraction of sp³-hybridized carbons (Fsp3) is 0.520. The van der Waals surface area contributed by atoms with Gasteiger partial charge in [0, 0.05) is 11.6 Å². The third-order valence-electron chi connectivity index (χ3n) is 6.71. The molecule has 1 N–H and O–H groups in total. The lowest BCUT2D eigenvalue weighted by Crippen LogP contribution is -2.45. The average molecular weight is 587 g/mol. The van der Waals surface area contributed by atoms with E-state index in [1.165, 1.54) is 13.0 Å². The van der Waals surface area contributed by atoms with Gasteiger partial charge in [0.15, 0.2) is 0 Å². The number of nitrogens with zero attached hydrogens (tertiary/aromatic N) is 1. The number of benzene rings is 1. The van der Waals surface area contributed by atoms with E-state index in [1.807, 2.05) is 0 Å². The molecule has 0 saturated heterocycles. The maximum Gasteiger partial charge on any atom is 0.435 e. The number of hydrogen-bond donors (Lipinski definition) is 1. The molecule has 38 heavy (non-hydrogen) atoms. The first kappa shape index (κ1) is 30.2. The van der Waals surface area contributed by atoms with Crippen LogP contribution in [0.25, 0.3) is 0 Å². The van der Waals surface area contributed by atoms with Crippen molar-refractivity contribution in [1.82, 2.24) is 5.32 Å². The van der Waals surface area contributed by atoms with Crippen molar-refractivity contribution >= 4 is 34.6 Å². The lowest BCUT2D eigenvalue weighted by molar-refractivity contribution is -0.279. The quantitative estimate of drug-likeness (QED) is 0.202. The fourth-order valence-electron chi connectivity index (χ4n) is 4.02. The van der Waals surface area contributed by atoms with Gasteiger partial charge in [0.25, 0.3) is 11.5 Å².